The van der Waals surface area contributed by atoms with Crippen LogP contribution in [0.15, 0.2) is 36.4 Å². The summed E-state index contributed by atoms with van der Waals surface area (Å²) in [6, 6.07) is 9.22. The summed E-state index contributed by atoms with van der Waals surface area (Å²) in [6.07, 6.45) is 8.03. The molecule has 2 aliphatic rings. The molecule has 226 valence electrons. The van der Waals surface area contributed by atoms with Crippen LogP contribution in [-0.2, 0) is 14.4 Å². The van der Waals surface area contributed by atoms with Crippen LogP contribution in [0.1, 0.15) is 70.8 Å². The van der Waals surface area contributed by atoms with Gasteiger partial charge in [0.2, 0.25) is 5.91 Å². The molecule has 40 heavy (non-hydrogen) atoms. The fraction of sp³-hybridized carbons (Fsp3) is 0.633. The number of piperazine rings is 1. The van der Waals surface area contributed by atoms with Crippen LogP contribution in [0.25, 0.3) is 0 Å². The number of aliphatic hydroxyl groups is 1. The maximum atomic E-state index is 13.0. The van der Waals surface area contributed by atoms with Gasteiger partial charge < -0.3 is 25.7 Å². The van der Waals surface area contributed by atoms with Crippen molar-refractivity contribution in [3.05, 3.63) is 42.0 Å². The van der Waals surface area contributed by atoms with E-state index in [0.29, 0.717) is 36.5 Å². The summed E-state index contributed by atoms with van der Waals surface area (Å²) in [7, 11) is 0. The van der Waals surface area contributed by atoms with Gasteiger partial charge in [-0.1, -0.05) is 45.7 Å². The number of carbonyl (C=O) groups is 3. The van der Waals surface area contributed by atoms with Crippen molar-refractivity contribution in [2.24, 2.45) is 5.92 Å². The fourth-order valence-electron chi connectivity index (χ4n) is 5.46. The second kappa shape index (κ2) is 18.5. The lowest BCUT2D eigenvalue weighted by Crippen LogP contribution is -2.54. The van der Waals surface area contributed by atoms with Crippen molar-refractivity contribution in [3.63, 3.8) is 0 Å². The van der Waals surface area contributed by atoms with Gasteiger partial charge in [0.05, 0.1) is 6.61 Å². The molecule has 1 heterocycles. The van der Waals surface area contributed by atoms with Crippen molar-refractivity contribution in [3.8, 4) is 0 Å². The number of hydrogen-bond acceptors (Lipinski definition) is 6. The number of aliphatic hydroxyl groups excluding tert-OH is 1. The first-order chi connectivity index (χ1) is 18.6. The third-order valence-corrected chi connectivity index (χ3v) is 7.48. The summed E-state index contributed by atoms with van der Waals surface area (Å²) in [5, 5.41) is 24.9. The Labute approximate surface area is 238 Å². The Balaban J connectivity index is 0.000000777. The highest BCUT2D eigenvalue weighted by Crippen LogP contribution is 2.35. The van der Waals surface area contributed by atoms with Gasteiger partial charge in [-0.2, -0.15) is 0 Å². The molecule has 2 fully saturated rings. The Morgan fingerprint density at radius 2 is 1.52 bits per heavy atom. The lowest BCUT2D eigenvalue weighted by molar-refractivity contribution is -0.134. The number of benzene rings is 1. The first kappa shape index (κ1) is 35.2. The molecule has 10 heteroatoms. The van der Waals surface area contributed by atoms with Crippen LogP contribution in [0.5, 0.6) is 0 Å². The number of carboxylic acid groups (broad SMARTS) is 2. The first-order valence-corrected chi connectivity index (χ1v) is 14.3. The summed E-state index contributed by atoms with van der Waals surface area (Å²) in [4.78, 5) is 39.0. The number of β-amino-alcohol motifs (C(OH)–C–C–N with tert-alkyl or cyclic N) is 1. The van der Waals surface area contributed by atoms with Crippen LogP contribution in [0.4, 0.5) is 5.69 Å². The van der Waals surface area contributed by atoms with E-state index < -0.39 is 11.9 Å². The van der Waals surface area contributed by atoms with E-state index in [2.05, 4.69) is 47.9 Å². The Morgan fingerprint density at radius 3 is 1.98 bits per heavy atom. The van der Waals surface area contributed by atoms with Gasteiger partial charge in [0.15, 0.2) is 0 Å². The number of amides is 1. The predicted molar refractivity (Wildman–Crippen MR) is 157 cm³/mol. The Hall–Kier alpha value is -2.79. The molecule has 1 unspecified atom stereocenters. The van der Waals surface area contributed by atoms with Crippen molar-refractivity contribution in [2.45, 2.75) is 71.3 Å². The number of carbonyl (C=O) groups excluding carboxylic acids is 1. The first-order valence-electron chi connectivity index (χ1n) is 14.3. The topological polar surface area (TPSA) is 153 Å². The van der Waals surface area contributed by atoms with E-state index in [1.54, 1.807) is 0 Å². The number of aliphatic carboxylic acids is 2. The molecule has 1 saturated carbocycles. The van der Waals surface area contributed by atoms with Gasteiger partial charge in [0.25, 0.3) is 0 Å². The number of carboxylic acids is 2. The Kier molecular flexibility index (Phi) is 16.3. The second-order valence-corrected chi connectivity index (χ2v) is 10.8. The summed E-state index contributed by atoms with van der Waals surface area (Å²) < 4.78 is 0. The van der Waals surface area contributed by atoms with Crippen molar-refractivity contribution in [1.82, 2.24) is 9.80 Å². The molecule has 0 bridgehead atoms. The van der Waals surface area contributed by atoms with E-state index in [0.717, 1.165) is 51.4 Å². The highest BCUT2D eigenvalue weighted by atomic mass is 16.4. The monoisotopic (exact) mass is 563 g/mol. The maximum Gasteiger partial charge on any atom is 0.328 e. The minimum atomic E-state index is -1.26. The quantitative estimate of drug-likeness (QED) is 0.328. The van der Waals surface area contributed by atoms with Crippen LogP contribution in [0.2, 0.25) is 0 Å². The van der Waals surface area contributed by atoms with Gasteiger partial charge in [-0.3, -0.25) is 14.6 Å². The third-order valence-electron chi connectivity index (χ3n) is 7.48. The standard InChI is InChI=1S/C26H43N3O2.C4H4O4.H2O/c1-4-26(31)29(24-11-9-23(10-12-24)22-7-5-6-8-22)20-25(19-21(2)3)28-15-13-27(14-16-28)17-18-30;5-3(6)1-2-4(7)8;/h9-12,21-22,25,30H,4-8,13-20H2,1-3H3;1-2H,(H,5,6)(H,7,8);1H2/b;2-1-;. The normalized spacial score (nSPS) is 17.2. The van der Waals surface area contributed by atoms with E-state index in [9.17, 15) is 19.5 Å². The zero-order chi connectivity index (χ0) is 28.8. The molecule has 0 spiro atoms. The largest absolute Gasteiger partial charge is 0.478 e. The molecule has 1 amide bonds. The van der Waals surface area contributed by atoms with Crippen LogP contribution < -0.4 is 4.90 Å². The van der Waals surface area contributed by atoms with E-state index in [4.69, 9.17) is 10.2 Å². The average Bonchev–Trinajstić information content (AvgIpc) is 3.46. The lowest BCUT2D eigenvalue weighted by Gasteiger charge is -2.41. The van der Waals surface area contributed by atoms with Crippen molar-refractivity contribution in [2.75, 3.05) is 50.8 Å². The van der Waals surface area contributed by atoms with E-state index in [1.165, 1.54) is 31.2 Å². The molecule has 10 nitrogen and oxygen atoms in total. The summed E-state index contributed by atoms with van der Waals surface area (Å²) in [5.74, 6) is -1.02. The van der Waals surface area contributed by atoms with Gasteiger partial charge >= 0.3 is 11.9 Å². The summed E-state index contributed by atoms with van der Waals surface area (Å²) in [5.41, 5.74) is 2.48. The molecular weight excluding hydrogens is 514 g/mol. The van der Waals surface area contributed by atoms with Crippen molar-refractivity contribution >= 4 is 23.5 Å². The Morgan fingerprint density at radius 1 is 0.975 bits per heavy atom. The number of rotatable bonds is 12. The van der Waals surface area contributed by atoms with Gasteiger partial charge in [-0.25, -0.2) is 9.59 Å². The SMILES string of the molecule is CCC(=O)N(CC(CC(C)C)N1CCN(CCO)CC1)c1ccc(C2CCCC2)cc1.O.O=C(O)/C=C\C(=O)O. The summed E-state index contributed by atoms with van der Waals surface area (Å²) in [6.45, 7) is 12.3. The predicted octanol–water partition coefficient (Wildman–Crippen LogP) is 3.00. The molecule has 5 N–H and O–H groups in total. The molecular formula is C30H49N3O7. The molecule has 1 aliphatic heterocycles. The molecule has 1 atom stereocenters. The highest BCUT2D eigenvalue weighted by Gasteiger charge is 2.28. The van der Waals surface area contributed by atoms with Crippen LogP contribution >= 0.6 is 0 Å². The van der Waals surface area contributed by atoms with E-state index >= 15 is 0 Å². The van der Waals surface area contributed by atoms with Crippen molar-refractivity contribution < 1.29 is 35.2 Å². The molecule has 1 saturated heterocycles. The van der Waals surface area contributed by atoms with Crippen LogP contribution in [0, 0.1) is 5.92 Å². The van der Waals surface area contributed by atoms with E-state index in [1.807, 2.05) is 11.8 Å². The molecule has 1 aliphatic carbocycles. The van der Waals surface area contributed by atoms with Gasteiger partial charge in [0, 0.05) is 69.6 Å². The van der Waals surface area contributed by atoms with Crippen LogP contribution in [0.3, 0.4) is 0 Å². The number of hydrogen-bond donors (Lipinski definition) is 3. The van der Waals surface area contributed by atoms with Crippen LogP contribution in [-0.4, -0.2) is 100 Å². The maximum absolute atomic E-state index is 13.0. The lowest BCUT2D eigenvalue weighted by atomic mass is 9.97. The molecule has 0 aromatic heterocycles. The molecule has 3 rings (SSSR count). The zero-order valence-electron chi connectivity index (χ0n) is 24.3. The van der Waals surface area contributed by atoms with E-state index in [-0.39, 0.29) is 18.0 Å². The highest BCUT2D eigenvalue weighted by molar-refractivity contribution is 5.93. The summed E-state index contributed by atoms with van der Waals surface area (Å²) >= 11 is 0. The number of nitrogens with zero attached hydrogens (tertiary/aromatic N) is 3. The fourth-order valence-corrected chi connectivity index (χ4v) is 5.46. The molecule has 1 aromatic carbocycles. The third kappa shape index (κ3) is 12.2. The minimum absolute atomic E-state index is 0. The smallest absolute Gasteiger partial charge is 0.328 e. The minimum Gasteiger partial charge on any atom is -0.478 e. The number of anilines is 1. The Bertz CT molecular complexity index is 906. The van der Waals surface area contributed by atoms with Gasteiger partial charge in [-0.05, 0) is 48.8 Å². The second-order valence-electron chi connectivity index (χ2n) is 10.8. The van der Waals surface area contributed by atoms with Gasteiger partial charge in [0.1, 0.15) is 0 Å². The van der Waals surface area contributed by atoms with Gasteiger partial charge in [-0.15, -0.1) is 0 Å². The molecule has 0 radical (unpaired) electrons. The molecule has 1 aromatic rings. The zero-order valence-corrected chi connectivity index (χ0v) is 24.3. The average molecular weight is 564 g/mol. The van der Waals surface area contributed by atoms with Crippen molar-refractivity contribution in [1.29, 1.82) is 0 Å².